The van der Waals surface area contributed by atoms with Gasteiger partial charge in [-0.15, -0.1) is 0 Å². The number of nitrogens with zero attached hydrogens (tertiary/aromatic N) is 1. The van der Waals surface area contributed by atoms with Crippen LogP contribution in [0.4, 0.5) is 5.69 Å². The first-order valence-electron chi connectivity index (χ1n) is 11.8. The van der Waals surface area contributed by atoms with Gasteiger partial charge in [0.15, 0.2) is 17.3 Å². The van der Waals surface area contributed by atoms with Crippen molar-refractivity contribution in [1.29, 1.82) is 0 Å². The molecule has 0 bridgehead atoms. The van der Waals surface area contributed by atoms with Crippen molar-refractivity contribution >= 4 is 40.0 Å². The molecule has 0 fully saturated rings. The van der Waals surface area contributed by atoms with E-state index in [0.29, 0.717) is 23.2 Å². The number of nitrogens with one attached hydrogen (secondary N) is 2. The van der Waals surface area contributed by atoms with Crippen molar-refractivity contribution in [3.8, 4) is 17.2 Å². The minimum atomic E-state index is -0.339. The van der Waals surface area contributed by atoms with E-state index in [4.69, 9.17) is 21.4 Å². The van der Waals surface area contributed by atoms with E-state index >= 15 is 0 Å². The Morgan fingerprint density at radius 1 is 1.09 bits per heavy atom. The third-order valence-electron chi connectivity index (χ3n) is 5.91. The molecule has 1 heterocycles. The summed E-state index contributed by atoms with van der Waals surface area (Å²) in [6.45, 7) is 6.33. The summed E-state index contributed by atoms with van der Waals surface area (Å²) in [7, 11) is 0. The van der Waals surface area contributed by atoms with Crippen LogP contribution in [-0.2, 0) is 11.2 Å². The van der Waals surface area contributed by atoms with Gasteiger partial charge in [0.1, 0.15) is 11.3 Å². The molecule has 3 aromatic carbocycles. The zero-order valence-corrected chi connectivity index (χ0v) is 20.9. The second-order valence-electron chi connectivity index (χ2n) is 8.42. The van der Waals surface area contributed by atoms with Crippen LogP contribution in [0.3, 0.4) is 0 Å². The SMILES string of the molecule is CCc1ccc(OCC(=O)NC(=S)Nc2cccc(-c3nc4cc(C(C)CC)ccc4o3)c2)cc1. The van der Waals surface area contributed by atoms with Gasteiger partial charge in [-0.3, -0.25) is 10.1 Å². The number of thiocarbonyl (C=S) groups is 1. The third-order valence-corrected chi connectivity index (χ3v) is 6.12. The molecule has 6 nitrogen and oxygen atoms in total. The molecule has 0 aliphatic rings. The summed E-state index contributed by atoms with van der Waals surface area (Å²) in [6.07, 6.45) is 2.02. The zero-order valence-electron chi connectivity index (χ0n) is 20.1. The van der Waals surface area contributed by atoms with Gasteiger partial charge in [0.05, 0.1) is 0 Å². The molecule has 0 aliphatic carbocycles. The summed E-state index contributed by atoms with van der Waals surface area (Å²) in [4.78, 5) is 16.9. The summed E-state index contributed by atoms with van der Waals surface area (Å²) >= 11 is 5.30. The molecule has 1 amide bonds. The van der Waals surface area contributed by atoms with Crippen molar-refractivity contribution in [3.05, 3.63) is 77.9 Å². The van der Waals surface area contributed by atoms with Gasteiger partial charge in [-0.2, -0.15) is 0 Å². The van der Waals surface area contributed by atoms with Crippen molar-refractivity contribution in [1.82, 2.24) is 10.3 Å². The van der Waals surface area contributed by atoms with E-state index in [0.717, 1.165) is 29.5 Å². The molecule has 4 rings (SSSR count). The van der Waals surface area contributed by atoms with Gasteiger partial charge in [-0.05, 0) is 84.6 Å². The van der Waals surface area contributed by atoms with E-state index in [1.807, 2.05) is 54.6 Å². The lowest BCUT2D eigenvalue weighted by atomic mass is 9.98. The lowest BCUT2D eigenvalue weighted by Crippen LogP contribution is -2.37. The zero-order chi connectivity index (χ0) is 24.8. The standard InChI is InChI=1S/C28H29N3O3S/c1-4-18(3)20-11-14-25-24(16-20)30-27(34-25)21-7-6-8-22(15-21)29-28(35)31-26(32)17-33-23-12-9-19(5-2)10-13-23/h6-16,18H,4-5,17H2,1-3H3,(H2,29,31,32,35). The largest absolute Gasteiger partial charge is 0.484 e. The minimum absolute atomic E-state index is 0.130. The monoisotopic (exact) mass is 487 g/mol. The van der Waals surface area contributed by atoms with Crippen molar-refractivity contribution in [2.24, 2.45) is 0 Å². The maximum atomic E-state index is 12.2. The van der Waals surface area contributed by atoms with Crippen LogP contribution in [0.25, 0.3) is 22.6 Å². The van der Waals surface area contributed by atoms with Gasteiger partial charge in [-0.25, -0.2) is 4.98 Å². The molecular formula is C28H29N3O3S. The Labute approximate surface area is 210 Å². The number of hydrogen-bond acceptors (Lipinski definition) is 5. The Kier molecular flexibility index (Phi) is 7.77. The van der Waals surface area contributed by atoms with E-state index in [1.54, 1.807) is 0 Å². The third kappa shape index (κ3) is 6.25. The van der Waals surface area contributed by atoms with Crippen LogP contribution in [-0.4, -0.2) is 22.6 Å². The molecule has 2 N–H and O–H groups in total. The van der Waals surface area contributed by atoms with E-state index in [2.05, 4.69) is 48.5 Å². The Balaban J connectivity index is 1.36. The lowest BCUT2D eigenvalue weighted by Gasteiger charge is -2.11. The van der Waals surface area contributed by atoms with Gasteiger partial charge in [0.2, 0.25) is 5.89 Å². The fourth-order valence-electron chi connectivity index (χ4n) is 3.64. The normalized spacial score (nSPS) is 11.7. The number of aromatic nitrogens is 1. The molecule has 1 atom stereocenters. The van der Waals surface area contributed by atoms with Gasteiger partial charge < -0.3 is 14.5 Å². The van der Waals surface area contributed by atoms with Crippen LogP contribution in [0.15, 0.2) is 71.1 Å². The van der Waals surface area contributed by atoms with Crippen LogP contribution in [0.1, 0.15) is 44.2 Å². The predicted molar refractivity (Wildman–Crippen MR) is 144 cm³/mol. The summed E-state index contributed by atoms with van der Waals surface area (Å²) in [5.41, 5.74) is 5.57. The summed E-state index contributed by atoms with van der Waals surface area (Å²) < 4.78 is 11.5. The van der Waals surface area contributed by atoms with Gasteiger partial charge in [-0.1, -0.05) is 45.0 Å². The second-order valence-corrected chi connectivity index (χ2v) is 8.83. The number of anilines is 1. The van der Waals surface area contributed by atoms with E-state index in [9.17, 15) is 4.79 Å². The molecule has 4 aromatic rings. The number of carbonyl (C=O) groups is 1. The number of oxazole rings is 1. The first kappa shape index (κ1) is 24.4. The Hall–Kier alpha value is -3.71. The Morgan fingerprint density at radius 3 is 2.63 bits per heavy atom. The number of aryl methyl sites for hydroxylation is 1. The molecule has 1 aromatic heterocycles. The van der Waals surface area contributed by atoms with E-state index < -0.39 is 0 Å². The van der Waals surface area contributed by atoms with Crippen LogP contribution in [0.5, 0.6) is 5.75 Å². The van der Waals surface area contributed by atoms with E-state index in [-0.39, 0.29) is 17.6 Å². The van der Waals surface area contributed by atoms with Crippen molar-refractivity contribution in [2.45, 2.75) is 39.5 Å². The quantitative estimate of drug-likeness (QED) is 0.278. The number of carbonyl (C=O) groups excluding carboxylic acids is 1. The smallest absolute Gasteiger partial charge is 0.264 e. The fraction of sp³-hybridized carbons (Fsp3) is 0.250. The second kappa shape index (κ2) is 11.1. The Bertz CT molecular complexity index is 1330. The molecule has 7 heteroatoms. The van der Waals surface area contributed by atoms with Crippen molar-refractivity contribution < 1.29 is 13.9 Å². The van der Waals surface area contributed by atoms with Gasteiger partial charge >= 0.3 is 0 Å². The molecule has 0 aliphatic heterocycles. The van der Waals surface area contributed by atoms with Crippen LogP contribution < -0.4 is 15.4 Å². The summed E-state index contributed by atoms with van der Waals surface area (Å²) in [5, 5.41) is 5.87. The predicted octanol–water partition coefficient (Wildman–Crippen LogP) is 6.46. The topological polar surface area (TPSA) is 76.4 Å². The number of fused-ring (bicyclic) bond motifs is 1. The maximum Gasteiger partial charge on any atom is 0.264 e. The molecule has 0 saturated carbocycles. The molecule has 180 valence electrons. The summed E-state index contributed by atoms with van der Waals surface area (Å²) in [6, 6.07) is 21.4. The van der Waals surface area contributed by atoms with Crippen molar-refractivity contribution in [2.75, 3.05) is 11.9 Å². The number of amides is 1. The first-order valence-corrected chi connectivity index (χ1v) is 12.2. The summed E-state index contributed by atoms with van der Waals surface area (Å²) in [5.74, 6) is 1.30. The molecule has 35 heavy (non-hydrogen) atoms. The first-order chi connectivity index (χ1) is 16.9. The van der Waals surface area contributed by atoms with Crippen LogP contribution in [0, 0.1) is 0 Å². The molecule has 0 saturated heterocycles. The van der Waals surface area contributed by atoms with Gasteiger partial charge in [0, 0.05) is 11.3 Å². The molecular weight excluding hydrogens is 458 g/mol. The average molecular weight is 488 g/mol. The van der Waals surface area contributed by atoms with Crippen LogP contribution >= 0.6 is 12.2 Å². The number of benzene rings is 3. The number of rotatable bonds is 8. The molecule has 0 radical (unpaired) electrons. The maximum absolute atomic E-state index is 12.2. The highest BCUT2D eigenvalue weighted by Gasteiger charge is 2.12. The van der Waals surface area contributed by atoms with Crippen LogP contribution in [0.2, 0.25) is 0 Å². The lowest BCUT2D eigenvalue weighted by molar-refractivity contribution is -0.121. The van der Waals surface area contributed by atoms with E-state index in [1.165, 1.54) is 11.1 Å². The van der Waals surface area contributed by atoms with Crippen molar-refractivity contribution in [3.63, 3.8) is 0 Å². The Morgan fingerprint density at radius 2 is 1.89 bits per heavy atom. The highest BCUT2D eigenvalue weighted by atomic mass is 32.1. The highest BCUT2D eigenvalue weighted by Crippen LogP contribution is 2.29. The number of ether oxygens (including phenoxy) is 1. The molecule has 0 spiro atoms. The van der Waals surface area contributed by atoms with Gasteiger partial charge in [0.25, 0.3) is 5.91 Å². The fourth-order valence-corrected chi connectivity index (χ4v) is 3.87. The molecule has 1 unspecified atom stereocenters. The highest BCUT2D eigenvalue weighted by molar-refractivity contribution is 7.80. The average Bonchev–Trinajstić information content (AvgIpc) is 3.31. The number of hydrogen-bond donors (Lipinski definition) is 2. The minimum Gasteiger partial charge on any atom is -0.484 e.